The van der Waals surface area contributed by atoms with Gasteiger partial charge in [-0.2, -0.15) is 22.0 Å². The lowest BCUT2D eigenvalue weighted by Crippen LogP contribution is -2.21. The Kier molecular flexibility index (Phi) is 10.7. The molecule has 220 valence electrons. The van der Waals surface area contributed by atoms with Crippen molar-refractivity contribution in [3.8, 4) is 5.75 Å². The molecule has 1 atom stereocenters. The van der Waals surface area contributed by atoms with Gasteiger partial charge in [-0.3, -0.25) is 0 Å². The molecule has 0 radical (unpaired) electrons. The molecule has 0 amide bonds. The zero-order valence-corrected chi connectivity index (χ0v) is 22.6. The number of anilines is 2. The maximum absolute atomic E-state index is 14.7. The Morgan fingerprint density at radius 3 is 2.22 bits per heavy atom. The van der Waals surface area contributed by atoms with Crippen molar-refractivity contribution in [1.29, 1.82) is 0 Å². The van der Waals surface area contributed by atoms with Gasteiger partial charge in [-0.15, -0.1) is 0 Å². The number of carbonyl (C=O) groups is 1. The summed E-state index contributed by atoms with van der Waals surface area (Å²) in [6.45, 7) is 1.96. The predicted octanol–water partition coefficient (Wildman–Crippen LogP) is 8.00. The average Bonchev–Trinajstić information content (AvgIpc) is 2.90. The highest BCUT2D eigenvalue weighted by Crippen LogP contribution is 2.32. The molecule has 0 aliphatic heterocycles. The highest BCUT2D eigenvalue weighted by atomic mass is 19.4. The molecule has 0 saturated heterocycles. The van der Waals surface area contributed by atoms with E-state index in [4.69, 9.17) is 20.9 Å². The van der Waals surface area contributed by atoms with E-state index in [9.17, 15) is 26.7 Å². The van der Waals surface area contributed by atoms with Gasteiger partial charge in [-0.1, -0.05) is 43.7 Å². The molecular weight excluding hydrogens is 543 g/mol. The average molecular weight is 577 g/mol. The Bertz CT molecular complexity index is 1310. The number of carbonyl (C=O) groups excluding carboxylic acids is 1. The van der Waals surface area contributed by atoms with Gasteiger partial charge in [-0.25, -0.2) is 4.79 Å². The van der Waals surface area contributed by atoms with Crippen LogP contribution in [0.2, 0.25) is 0 Å². The first-order valence-electron chi connectivity index (χ1n) is 13.2. The van der Waals surface area contributed by atoms with Crippen LogP contribution in [0.3, 0.4) is 0 Å². The molecule has 0 spiro atoms. The first-order chi connectivity index (χ1) is 19.3. The molecule has 0 heterocycles. The standard InChI is InChI=1S/C31H33F5N2O3/c1-21(27-16-13-25(37)19-28(27)38)20-40-29(39)17-10-23-6-11-24(12-7-23)31(35,36)41-26-14-8-22(9-15-26)5-3-2-4-18-30(32,33)34/h6-17,19,21H,2-5,18,20,37-38H2,1H3/b17-10+. The summed E-state index contributed by atoms with van der Waals surface area (Å²) in [7, 11) is 0. The van der Waals surface area contributed by atoms with Crippen LogP contribution >= 0.6 is 0 Å². The van der Waals surface area contributed by atoms with Gasteiger partial charge in [0.1, 0.15) is 5.75 Å². The van der Waals surface area contributed by atoms with Gasteiger partial charge in [-0.05, 0) is 78.4 Å². The van der Waals surface area contributed by atoms with Crippen molar-refractivity contribution in [1.82, 2.24) is 0 Å². The smallest absolute Gasteiger partial charge is 0.426 e. The second-order valence-corrected chi connectivity index (χ2v) is 9.81. The first kappa shape index (κ1) is 31.4. The number of unbranched alkanes of at least 4 members (excludes halogenated alkanes) is 2. The molecule has 0 aliphatic rings. The fraction of sp³-hybridized carbons (Fsp3) is 0.323. The molecule has 0 saturated carbocycles. The van der Waals surface area contributed by atoms with Gasteiger partial charge < -0.3 is 20.9 Å². The van der Waals surface area contributed by atoms with E-state index < -0.39 is 24.7 Å². The highest BCUT2D eigenvalue weighted by molar-refractivity contribution is 5.87. The van der Waals surface area contributed by atoms with Crippen molar-refractivity contribution in [2.45, 2.75) is 57.2 Å². The third-order valence-electron chi connectivity index (χ3n) is 6.37. The van der Waals surface area contributed by atoms with Crippen molar-refractivity contribution < 1.29 is 36.2 Å². The van der Waals surface area contributed by atoms with Crippen molar-refractivity contribution >= 4 is 23.4 Å². The number of hydrogen-bond acceptors (Lipinski definition) is 5. The highest BCUT2D eigenvalue weighted by Gasteiger charge is 2.34. The van der Waals surface area contributed by atoms with E-state index in [0.29, 0.717) is 36.2 Å². The van der Waals surface area contributed by atoms with Gasteiger partial charge in [0.05, 0.1) is 12.2 Å². The zero-order chi connectivity index (χ0) is 30.0. The molecule has 41 heavy (non-hydrogen) atoms. The lowest BCUT2D eigenvalue weighted by atomic mass is 10.00. The molecule has 0 fully saturated rings. The number of rotatable bonds is 13. The molecule has 4 N–H and O–H groups in total. The van der Waals surface area contributed by atoms with E-state index in [1.54, 1.807) is 30.3 Å². The van der Waals surface area contributed by atoms with Gasteiger partial charge >= 0.3 is 18.3 Å². The number of hydrogen-bond donors (Lipinski definition) is 2. The van der Waals surface area contributed by atoms with Crippen LogP contribution < -0.4 is 16.2 Å². The Labute approximate surface area is 235 Å². The van der Waals surface area contributed by atoms with Crippen molar-refractivity contribution in [3.63, 3.8) is 0 Å². The zero-order valence-electron chi connectivity index (χ0n) is 22.6. The van der Waals surface area contributed by atoms with Crippen molar-refractivity contribution in [2.75, 3.05) is 18.1 Å². The third kappa shape index (κ3) is 10.4. The van der Waals surface area contributed by atoms with Crippen molar-refractivity contribution in [2.24, 2.45) is 0 Å². The number of esters is 1. The molecule has 3 aromatic carbocycles. The van der Waals surface area contributed by atoms with E-state index in [0.717, 1.165) is 11.1 Å². The topological polar surface area (TPSA) is 87.6 Å². The molecular formula is C31H33F5N2O3. The SMILES string of the molecule is CC(COC(=O)/C=C/c1ccc(C(F)(F)Oc2ccc(CCCCCC(F)(F)F)cc2)cc1)c1ccc(N)cc1N. The van der Waals surface area contributed by atoms with E-state index in [1.807, 2.05) is 6.92 Å². The predicted molar refractivity (Wildman–Crippen MR) is 149 cm³/mol. The first-order valence-corrected chi connectivity index (χ1v) is 13.2. The minimum Gasteiger partial charge on any atom is -0.462 e. The van der Waals surface area contributed by atoms with Gasteiger partial charge in [0, 0.05) is 29.8 Å². The normalized spacial score (nSPS) is 12.8. The monoisotopic (exact) mass is 576 g/mol. The number of ether oxygens (including phenoxy) is 2. The van der Waals surface area contributed by atoms with E-state index in [-0.39, 0.29) is 30.3 Å². The van der Waals surface area contributed by atoms with Crippen LogP contribution in [-0.2, 0) is 22.1 Å². The molecule has 10 heteroatoms. The lowest BCUT2D eigenvalue weighted by Gasteiger charge is -2.18. The Hall–Kier alpha value is -4.08. The molecule has 0 bridgehead atoms. The summed E-state index contributed by atoms with van der Waals surface area (Å²) in [4.78, 5) is 12.1. The van der Waals surface area contributed by atoms with Crippen LogP contribution in [0, 0.1) is 0 Å². The summed E-state index contributed by atoms with van der Waals surface area (Å²) in [5, 5.41) is 0. The molecule has 5 nitrogen and oxygen atoms in total. The number of benzene rings is 3. The van der Waals surface area contributed by atoms with Crippen LogP contribution in [0.5, 0.6) is 5.75 Å². The minimum atomic E-state index is -4.15. The van der Waals surface area contributed by atoms with Crippen LogP contribution in [0.15, 0.2) is 72.8 Å². The van der Waals surface area contributed by atoms with Crippen LogP contribution in [0.25, 0.3) is 6.08 Å². The summed E-state index contributed by atoms with van der Waals surface area (Å²) < 4.78 is 76.2. The Morgan fingerprint density at radius 2 is 1.59 bits per heavy atom. The summed E-state index contributed by atoms with van der Waals surface area (Å²) in [6.07, 6.45) is -4.28. The molecule has 3 rings (SSSR count). The van der Waals surface area contributed by atoms with Crippen LogP contribution in [-0.4, -0.2) is 18.8 Å². The quantitative estimate of drug-likeness (QED) is 0.0708. The molecule has 0 aromatic heterocycles. The number of halogens is 5. The van der Waals surface area contributed by atoms with E-state index in [1.165, 1.54) is 48.6 Å². The van der Waals surface area contributed by atoms with Crippen molar-refractivity contribution in [3.05, 3.63) is 95.1 Å². The second-order valence-electron chi connectivity index (χ2n) is 9.81. The number of aryl methyl sites for hydroxylation is 1. The second kappa shape index (κ2) is 14.0. The lowest BCUT2D eigenvalue weighted by molar-refractivity contribution is -0.185. The fourth-order valence-electron chi connectivity index (χ4n) is 4.10. The third-order valence-corrected chi connectivity index (χ3v) is 6.37. The Morgan fingerprint density at radius 1 is 0.902 bits per heavy atom. The summed E-state index contributed by atoms with van der Waals surface area (Å²) in [5.41, 5.74) is 14.5. The minimum absolute atomic E-state index is 0.0440. The maximum Gasteiger partial charge on any atom is 0.426 e. The molecule has 0 aliphatic carbocycles. The van der Waals surface area contributed by atoms with Crippen LogP contribution in [0.4, 0.5) is 33.3 Å². The number of nitrogens with two attached hydrogens (primary N) is 2. The molecule has 1 unspecified atom stereocenters. The summed E-state index contributed by atoms with van der Waals surface area (Å²) in [6, 6.07) is 16.4. The fourth-order valence-corrected chi connectivity index (χ4v) is 4.10. The Balaban J connectivity index is 1.47. The van der Waals surface area contributed by atoms with Gasteiger partial charge in [0.25, 0.3) is 0 Å². The van der Waals surface area contributed by atoms with E-state index >= 15 is 0 Å². The summed E-state index contributed by atoms with van der Waals surface area (Å²) in [5.74, 6) is -0.784. The number of alkyl halides is 5. The molecule has 3 aromatic rings. The van der Waals surface area contributed by atoms with Crippen LogP contribution in [0.1, 0.15) is 60.8 Å². The summed E-state index contributed by atoms with van der Waals surface area (Å²) >= 11 is 0. The maximum atomic E-state index is 14.7. The number of nitrogen functional groups attached to an aromatic ring is 2. The largest absolute Gasteiger partial charge is 0.462 e. The van der Waals surface area contributed by atoms with Gasteiger partial charge in [0.2, 0.25) is 0 Å². The van der Waals surface area contributed by atoms with E-state index in [2.05, 4.69) is 0 Å². The van der Waals surface area contributed by atoms with Gasteiger partial charge in [0.15, 0.2) is 0 Å².